The third-order valence-electron chi connectivity index (χ3n) is 1.70. The molecule has 1 N–H and O–H groups in total. The summed E-state index contributed by atoms with van der Waals surface area (Å²) < 4.78 is 2.46. The molecule has 2 heterocycles. The van der Waals surface area contributed by atoms with Crippen molar-refractivity contribution >= 4 is 35.0 Å². The molecule has 12 heavy (non-hydrogen) atoms. The molecule has 3 nitrogen and oxygen atoms in total. The Morgan fingerprint density at radius 3 is 3.17 bits per heavy atom. The number of hydrogen-bond donors (Lipinski definition) is 1. The van der Waals surface area contributed by atoms with E-state index in [0.717, 1.165) is 11.2 Å². The first-order valence-corrected chi connectivity index (χ1v) is 4.17. The monoisotopic (exact) mass is 199 g/mol. The molecule has 0 aromatic carbocycles. The van der Waals surface area contributed by atoms with E-state index in [1.807, 2.05) is 7.05 Å². The maximum absolute atomic E-state index is 5.75. The van der Waals surface area contributed by atoms with Crippen LogP contribution < -0.4 is 0 Å². The average molecular weight is 200 g/mol. The van der Waals surface area contributed by atoms with Gasteiger partial charge in [-0.2, -0.15) is 0 Å². The van der Waals surface area contributed by atoms with Gasteiger partial charge in [-0.3, -0.25) is 0 Å². The molecule has 0 aliphatic rings. The SMILES string of the molecule is Cn1c(=S)[nH]c2cc(Cl)cnc21. The van der Waals surface area contributed by atoms with Crippen LogP contribution in [0.3, 0.4) is 0 Å². The zero-order valence-corrected chi connectivity index (χ0v) is 7.91. The van der Waals surface area contributed by atoms with Crippen LogP contribution in [0, 0.1) is 4.77 Å². The Labute approximate surface area is 79.0 Å². The van der Waals surface area contributed by atoms with E-state index in [9.17, 15) is 0 Å². The van der Waals surface area contributed by atoms with Gasteiger partial charge >= 0.3 is 0 Å². The first-order chi connectivity index (χ1) is 5.68. The number of imidazole rings is 1. The van der Waals surface area contributed by atoms with Gasteiger partial charge in [0, 0.05) is 13.2 Å². The highest BCUT2D eigenvalue weighted by Crippen LogP contribution is 2.14. The van der Waals surface area contributed by atoms with Gasteiger partial charge in [0.15, 0.2) is 10.4 Å². The van der Waals surface area contributed by atoms with Gasteiger partial charge in [0.05, 0.1) is 10.5 Å². The molecular formula is C7H6ClN3S. The minimum absolute atomic E-state index is 0.611. The summed E-state index contributed by atoms with van der Waals surface area (Å²) in [6, 6.07) is 1.81. The first kappa shape index (κ1) is 7.76. The predicted octanol–water partition coefficient (Wildman–Crippen LogP) is 2.28. The zero-order valence-electron chi connectivity index (χ0n) is 6.34. The second-order valence-corrected chi connectivity index (χ2v) is 3.34. The Balaban J connectivity index is 2.96. The number of hydrogen-bond acceptors (Lipinski definition) is 2. The quantitative estimate of drug-likeness (QED) is 0.661. The number of pyridine rings is 1. The van der Waals surface area contributed by atoms with Crippen LogP contribution in [-0.4, -0.2) is 14.5 Å². The lowest BCUT2D eigenvalue weighted by Gasteiger charge is -1.92. The van der Waals surface area contributed by atoms with E-state index in [2.05, 4.69) is 9.97 Å². The van der Waals surface area contributed by atoms with Crippen molar-refractivity contribution in [2.45, 2.75) is 0 Å². The molecule has 0 radical (unpaired) electrons. The fourth-order valence-corrected chi connectivity index (χ4v) is 1.44. The number of halogens is 1. The Kier molecular flexibility index (Phi) is 1.66. The van der Waals surface area contributed by atoms with Crippen molar-refractivity contribution in [1.29, 1.82) is 0 Å². The fourth-order valence-electron chi connectivity index (χ4n) is 1.09. The number of nitrogens with zero attached hydrogens (tertiary/aromatic N) is 2. The topological polar surface area (TPSA) is 33.6 Å². The summed E-state index contributed by atoms with van der Waals surface area (Å²) in [6.07, 6.45) is 1.60. The van der Waals surface area contributed by atoms with Crippen molar-refractivity contribution in [2.24, 2.45) is 7.05 Å². The number of nitrogens with one attached hydrogen (secondary N) is 1. The lowest BCUT2D eigenvalue weighted by molar-refractivity contribution is 0.912. The maximum Gasteiger partial charge on any atom is 0.179 e. The van der Waals surface area contributed by atoms with Gasteiger partial charge in [-0.25, -0.2) is 4.98 Å². The van der Waals surface area contributed by atoms with Gasteiger partial charge in [0.25, 0.3) is 0 Å². The molecule has 0 fully saturated rings. The average Bonchev–Trinajstić information content (AvgIpc) is 2.28. The molecule has 0 saturated carbocycles. The van der Waals surface area contributed by atoms with Gasteiger partial charge < -0.3 is 9.55 Å². The van der Waals surface area contributed by atoms with Crippen molar-refractivity contribution in [3.63, 3.8) is 0 Å². The summed E-state index contributed by atoms with van der Waals surface area (Å²) >= 11 is 10.8. The summed E-state index contributed by atoms with van der Waals surface area (Å²) in [7, 11) is 1.86. The van der Waals surface area contributed by atoms with Gasteiger partial charge in [-0.05, 0) is 18.3 Å². The Morgan fingerprint density at radius 1 is 1.67 bits per heavy atom. The molecule has 2 aromatic rings. The molecule has 0 saturated heterocycles. The Morgan fingerprint density at radius 2 is 2.42 bits per heavy atom. The molecule has 0 spiro atoms. The standard InChI is InChI=1S/C7H6ClN3S/c1-11-6-5(10-7(11)12)2-4(8)3-9-6/h2-3H,1H3,(H,10,12). The van der Waals surface area contributed by atoms with E-state index in [4.69, 9.17) is 23.8 Å². The number of aromatic amines is 1. The molecule has 0 bridgehead atoms. The van der Waals surface area contributed by atoms with Gasteiger partial charge in [0.2, 0.25) is 0 Å². The van der Waals surface area contributed by atoms with Crippen LogP contribution in [0.25, 0.3) is 11.2 Å². The van der Waals surface area contributed by atoms with E-state index >= 15 is 0 Å². The van der Waals surface area contributed by atoms with E-state index in [1.54, 1.807) is 16.8 Å². The van der Waals surface area contributed by atoms with Crippen LogP contribution in [0.5, 0.6) is 0 Å². The molecule has 0 unspecified atom stereocenters. The number of aryl methyl sites for hydroxylation is 1. The number of aromatic nitrogens is 3. The van der Waals surface area contributed by atoms with Crippen LogP contribution in [0.15, 0.2) is 12.3 Å². The summed E-state index contributed by atoms with van der Waals surface area (Å²) in [4.78, 5) is 7.13. The van der Waals surface area contributed by atoms with Crippen LogP contribution >= 0.6 is 23.8 Å². The minimum atomic E-state index is 0.611. The highest BCUT2D eigenvalue weighted by atomic mass is 35.5. The molecule has 0 aliphatic heterocycles. The highest BCUT2D eigenvalue weighted by Gasteiger charge is 2.01. The first-order valence-electron chi connectivity index (χ1n) is 3.39. The Bertz CT molecular complexity index is 485. The molecule has 2 rings (SSSR count). The largest absolute Gasteiger partial charge is 0.329 e. The molecule has 0 amide bonds. The number of rotatable bonds is 0. The van der Waals surface area contributed by atoms with Gasteiger partial charge in [0.1, 0.15) is 0 Å². The fraction of sp³-hybridized carbons (Fsp3) is 0.143. The van der Waals surface area contributed by atoms with E-state index < -0.39 is 0 Å². The van der Waals surface area contributed by atoms with Crippen LogP contribution in [0.1, 0.15) is 0 Å². The lowest BCUT2D eigenvalue weighted by atomic mass is 10.4. The highest BCUT2D eigenvalue weighted by molar-refractivity contribution is 7.71. The second-order valence-electron chi connectivity index (χ2n) is 2.51. The molecule has 2 aromatic heterocycles. The number of H-pyrrole nitrogens is 1. The predicted molar refractivity (Wildman–Crippen MR) is 50.9 cm³/mol. The zero-order chi connectivity index (χ0) is 8.72. The molecule has 0 aliphatic carbocycles. The van der Waals surface area contributed by atoms with E-state index in [1.165, 1.54) is 0 Å². The van der Waals surface area contributed by atoms with Crippen molar-refractivity contribution in [3.8, 4) is 0 Å². The maximum atomic E-state index is 5.75. The smallest absolute Gasteiger partial charge is 0.179 e. The molecule has 5 heteroatoms. The van der Waals surface area contributed by atoms with Crippen molar-refractivity contribution < 1.29 is 0 Å². The molecule has 62 valence electrons. The summed E-state index contributed by atoms with van der Waals surface area (Å²) in [6.45, 7) is 0. The van der Waals surface area contributed by atoms with E-state index in [0.29, 0.717) is 9.79 Å². The van der Waals surface area contributed by atoms with Crippen molar-refractivity contribution in [2.75, 3.05) is 0 Å². The number of fused-ring (bicyclic) bond motifs is 1. The van der Waals surface area contributed by atoms with Gasteiger partial charge in [-0.1, -0.05) is 11.6 Å². The van der Waals surface area contributed by atoms with E-state index in [-0.39, 0.29) is 0 Å². The Hall–Kier alpha value is -0.870. The third-order valence-corrected chi connectivity index (χ3v) is 2.28. The summed E-state index contributed by atoms with van der Waals surface area (Å²) in [5.41, 5.74) is 1.69. The summed E-state index contributed by atoms with van der Waals surface area (Å²) in [5, 5.41) is 0.611. The normalized spacial score (nSPS) is 10.8. The minimum Gasteiger partial charge on any atom is -0.329 e. The van der Waals surface area contributed by atoms with Crippen LogP contribution in [0.4, 0.5) is 0 Å². The van der Waals surface area contributed by atoms with Crippen LogP contribution in [0.2, 0.25) is 5.02 Å². The second kappa shape index (κ2) is 2.57. The van der Waals surface area contributed by atoms with Crippen LogP contribution in [-0.2, 0) is 7.05 Å². The van der Waals surface area contributed by atoms with Gasteiger partial charge in [-0.15, -0.1) is 0 Å². The lowest BCUT2D eigenvalue weighted by Crippen LogP contribution is -1.88. The third kappa shape index (κ3) is 1.04. The summed E-state index contributed by atoms with van der Waals surface area (Å²) in [5.74, 6) is 0. The van der Waals surface area contributed by atoms with Crippen molar-refractivity contribution in [3.05, 3.63) is 22.1 Å². The molecular weight excluding hydrogens is 194 g/mol. The van der Waals surface area contributed by atoms with Crippen molar-refractivity contribution in [1.82, 2.24) is 14.5 Å². The molecule has 0 atom stereocenters.